The fraction of sp³-hybridized carbons (Fsp3) is 0.312. The molecule has 7 nitrogen and oxygen atoms in total. The zero-order valence-electron chi connectivity index (χ0n) is 13.3. The minimum atomic E-state index is 0.564. The van der Waals surface area contributed by atoms with E-state index in [9.17, 15) is 0 Å². The minimum Gasteiger partial charge on any atom is -0.486 e. The number of fused-ring (bicyclic) bond motifs is 2. The number of aryl methyl sites for hydroxylation is 3. The third kappa shape index (κ3) is 2.34. The summed E-state index contributed by atoms with van der Waals surface area (Å²) in [5, 5.41) is 7.78. The molecule has 0 fully saturated rings. The second-order valence-electron chi connectivity index (χ2n) is 5.51. The summed E-state index contributed by atoms with van der Waals surface area (Å²) in [5.41, 5.74) is 3.51. The number of hydrogen-bond donors (Lipinski definition) is 1. The van der Waals surface area contributed by atoms with E-state index in [1.807, 2.05) is 39.1 Å². The summed E-state index contributed by atoms with van der Waals surface area (Å²) in [7, 11) is 1.89. The number of anilines is 2. The van der Waals surface area contributed by atoms with Crippen molar-refractivity contribution < 1.29 is 9.47 Å². The lowest BCUT2D eigenvalue weighted by molar-refractivity contribution is 0.171. The van der Waals surface area contributed by atoms with Crippen LogP contribution in [0.1, 0.15) is 11.5 Å². The van der Waals surface area contributed by atoms with Gasteiger partial charge in [0.05, 0.1) is 5.69 Å². The summed E-state index contributed by atoms with van der Waals surface area (Å²) in [6, 6.07) is 5.76. The Kier molecular flexibility index (Phi) is 3.07. The van der Waals surface area contributed by atoms with Crippen molar-refractivity contribution in [3.63, 3.8) is 0 Å². The smallest absolute Gasteiger partial charge is 0.163 e. The van der Waals surface area contributed by atoms with E-state index in [4.69, 9.17) is 9.47 Å². The fourth-order valence-corrected chi connectivity index (χ4v) is 2.79. The van der Waals surface area contributed by atoms with E-state index in [0.717, 1.165) is 39.7 Å². The van der Waals surface area contributed by atoms with Crippen LogP contribution in [0.3, 0.4) is 0 Å². The van der Waals surface area contributed by atoms with Crippen LogP contribution in [0.5, 0.6) is 11.5 Å². The second kappa shape index (κ2) is 5.12. The Hall–Kier alpha value is -2.83. The first-order valence-electron chi connectivity index (χ1n) is 7.46. The van der Waals surface area contributed by atoms with Crippen LogP contribution in [0.2, 0.25) is 0 Å². The number of ether oxygens (including phenoxy) is 2. The van der Waals surface area contributed by atoms with Gasteiger partial charge in [0.1, 0.15) is 30.1 Å². The van der Waals surface area contributed by atoms with Gasteiger partial charge in [-0.1, -0.05) is 0 Å². The molecule has 0 saturated heterocycles. The maximum atomic E-state index is 5.63. The molecule has 0 atom stereocenters. The van der Waals surface area contributed by atoms with Crippen molar-refractivity contribution in [2.75, 3.05) is 18.5 Å². The highest BCUT2D eigenvalue weighted by molar-refractivity contribution is 5.89. The van der Waals surface area contributed by atoms with Crippen molar-refractivity contribution in [1.29, 1.82) is 0 Å². The van der Waals surface area contributed by atoms with Gasteiger partial charge in [-0.15, -0.1) is 0 Å². The first-order chi connectivity index (χ1) is 11.1. The van der Waals surface area contributed by atoms with E-state index in [1.165, 1.54) is 0 Å². The summed E-state index contributed by atoms with van der Waals surface area (Å²) in [6.45, 7) is 4.97. The SMILES string of the molecule is Cc1nc(Nc2ccc3c(c2)OCCO3)c2c(n1)c(C)nn2C. The summed E-state index contributed by atoms with van der Waals surface area (Å²) in [5.74, 6) is 2.94. The molecule has 23 heavy (non-hydrogen) atoms. The van der Waals surface area contributed by atoms with Gasteiger partial charge in [0, 0.05) is 18.8 Å². The molecule has 4 rings (SSSR count). The van der Waals surface area contributed by atoms with Gasteiger partial charge < -0.3 is 14.8 Å². The molecular weight excluding hydrogens is 294 g/mol. The average Bonchev–Trinajstić information content (AvgIpc) is 2.81. The van der Waals surface area contributed by atoms with Crippen molar-refractivity contribution in [2.24, 2.45) is 7.05 Å². The van der Waals surface area contributed by atoms with Gasteiger partial charge in [0.15, 0.2) is 17.3 Å². The van der Waals surface area contributed by atoms with E-state index in [1.54, 1.807) is 4.68 Å². The Labute approximate surface area is 133 Å². The predicted molar refractivity (Wildman–Crippen MR) is 86.5 cm³/mol. The molecule has 1 aliphatic rings. The maximum absolute atomic E-state index is 5.63. The molecule has 0 spiro atoms. The number of aromatic nitrogens is 4. The first-order valence-corrected chi connectivity index (χ1v) is 7.46. The molecule has 1 aliphatic heterocycles. The van der Waals surface area contributed by atoms with Gasteiger partial charge in [-0.05, 0) is 26.0 Å². The number of rotatable bonds is 2. The summed E-state index contributed by atoms with van der Waals surface area (Å²) in [6.07, 6.45) is 0. The number of nitrogens with one attached hydrogen (secondary N) is 1. The topological polar surface area (TPSA) is 74.1 Å². The molecule has 1 N–H and O–H groups in total. The van der Waals surface area contributed by atoms with Gasteiger partial charge in [-0.2, -0.15) is 5.10 Å². The highest BCUT2D eigenvalue weighted by atomic mass is 16.6. The highest BCUT2D eigenvalue weighted by Crippen LogP contribution is 2.34. The van der Waals surface area contributed by atoms with Gasteiger partial charge in [-0.3, -0.25) is 4.68 Å². The standard InChI is InChI=1S/C16H17N5O2/c1-9-14-15(21(3)20-9)16(18-10(2)17-14)19-11-4-5-12-13(8-11)23-7-6-22-12/h4-5,8H,6-7H2,1-3H3,(H,17,18,19). The van der Waals surface area contributed by atoms with Crippen LogP contribution in [0.15, 0.2) is 18.2 Å². The predicted octanol–water partition coefficient (Wildman–Crippen LogP) is 2.49. The van der Waals surface area contributed by atoms with Crippen LogP contribution in [0.4, 0.5) is 11.5 Å². The van der Waals surface area contributed by atoms with Crippen LogP contribution in [0.25, 0.3) is 11.0 Å². The third-order valence-electron chi connectivity index (χ3n) is 3.77. The van der Waals surface area contributed by atoms with Gasteiger partial charge >= 0.3 is 0 Å². The molecular formula is C16H17N5O2. The van der Waals surface area contributed by atoms with Crippen LogP contribution in [-0.4, -0.2) is 33.0 Å². The number of nitrogens with zero attached hydrogens (tertiary/aromatic N) is 4. The molecule has 0 bridgehead atoms. The van der Waals surface area contributed by atoms with Crippen molar-refractivity contribution in [1.82, 2.24) is 19.7 Å². The Morgan fingerprint density at radius 2 is 1.87 bits per heavy atom. The Morgan fingerprint density at radius 1 is 1.09 bits per heavy atom. The maximum Gasteiger partial charge on any atom is 0.163 e. The Balaban J connectivity index is 1.78. The van der Waals surface area contributed by atoms with Gasteiger partial charge in [0.25, 0.3) is 0 Å². The average molecular weight is 311 g/mol. The van der Waals surface area contributed by atoms with Crippen molar-refractivity contribution in [3.05, 3.63) is 29.7 Å². The lowest BCUT2D eigenvalue weighted by Crippen LogP contribution is -2.15. The summed E-state index contributed by atoms with van der Waals surface area (Å²) >= 11 is 0. The minimum absolute atomic E-state index is 0.564. The van der Waals surface area contributed by atoms with Crippen LogP contribution >= 0.6 is 0 Å². The van der Waals surface area contributed by atoms with E-state index >= 15 is 0 Å². The lowest BCUT2D eigenvalue weighted by atomic mass is 10.2. The monoisotopic (exact) mass is 311 g/mol. The molecule has 0 aliphatic carbocycles. The molecule has 118 valence electrons. The molecule has 0 unspecified atom stereocenters. The number of hydrogen-bond acceptors (Lipinski definition) is 6. The van der Waals surface area contributed by atoms with Crippen LogP contribution < -0.4 is 14.8 Å². The molecule has 3 aromatic rings. The molecule has 1 aromatic carbocycles. The van der Waals surface area contributed by atoms with Crippen LogP contribution in [-0.2, 0) is 7.05 Å². The second-order valence-corrected chi connectivity index (χ2v) is 5.51. The van der Waals surface area contributed by atoms with E-state index in [0.29, 0.717) is 19.0 Å². The van der Waals surface area contributed by atoms with Gasteiger partial charge in [-0.25, -0.2) is 9.97 Å². The Bertz CT molecular complexity index is 903. The van der Waals surface area contributed by atoms with Crippen molar-refractivity contribution in [2.45, 2.75) is 13.8 Å². The quantitative estimate of drug-likeness (QED) is 0.784. The van der Waals surface area contributed by atoms with Crippen LogP contribution in [0, 0.1) is 13.8 Å². The molecule has 0 amide bonds. The molecule has 3 heterocycles. The van der Waals surface area contributed by atoms with E-state index in [-0.39, 0.29) is 0 Å². The van der Waals surface area contributed by atoms with Crippen molar-refractivity contribution >= 4 is 22.5 Å². The van der Waals surface area contributed by atoms with Crippen molar-refractivity contribution in [3.8, 4) is 11.5 Å². The third-order valence-corrected chi connectivity index (χ3v) is 3.77. The Morgan fingerprint density at radius 3 is 2.70 bits per heavy atom. The summed E-state index contributed by atoms with van der Waals surface area (Å²) < 4.78 is 13.0. The van der Waals surface area contributed by atoms with Gasteiger partial charge in [0.2, 0.25) is 0 Å². The zero-order chi connectivity index (χ0) is 16.0. The molecule has 7 heteroatoms. The van der Waals surface area contributed by atoms with E-state index in [2.05, 4.69) is 20.4 Å². The normalized spacial score (nSPS) is 13.3. The highest BCUT2D eigenvalue weighted by Gasteiger charge is 2.16. The first kappa shape index (κ1) is 13.8. The zero-order valence-corrected chi connectivity index (χ0v) is 13.3. The molecule has 2 aromatic heterocycles. The van der Waals surface area contributed by atoms with E-state index < -0.39 is 0 Å². The summed E-state index contributed by atoms with van der Waals surface area (Å²) in [4.78, 5) is 9.02. The molecule has 0 radical (unpaired) electrons. The fourth-order valence-electron chi connectivity index (χ4n) is 2.79. The molecule has 0 saturated carbocycles. The lowest BCUT2D eigenvalue weighted by Gasteiger charge is -2.19. The number of benzene rings is 1. The largest absolute Gasteiger partial charge is 0.486 e.